The molecule has 126 valence electrons. The minimum Gasteiger partial charge on any atom is -0.384 e. The van der Waals surface area contributed by atoms with Crippen LogP contribution in [0.2, 0.25) is 0 Å². The van der Waals surface area contributed by atoms with E-state index in [-0.39, 0.29) is 0 Å². The van der Waals surface area contributed by atoms with Crippen molar-refractivity contribution in [3.8, 4) is 0 Å². The third kappa shape index (κ3) is 5.78. The number of nitrogens with zero attached hydrogens (tertiary/aromatic N) is 1. The molecule has 0 aliphatic carbocycles. The summed E-state index contributed by atoms with van der Waals surface area (Å²) in [5.74, 6) is 0. The van der Waals surface area contributed by atoms with Crippen molar-refractivity contribution in [2.24, 2.45) is 0 Å². The Morgan fingerprint density at radius 3 is 2.09 bits per heavy atom. The van der Waals surface area contributed by atoms with Crippen molar-refractivity contribution in [2.45, 2.75) is 32.1 Å². The highest BCUT2D eigenvalue weighted by Gasteiger charge is 2.39. The molecule has 1 aromatic rings. The monoisotopic (exact) mass is 307 g/mol. The first kappa shape index (κ1) is 20.6. The number of nitrogens with one attached hydrogen (secondary N) is 2. The molecule has 0 aromatic heterocycles. The molecular weight excluding hydrogens is 274 g/mol. The molecule has 2 aliphatic rings. The van der Waals surface area contributed by atoms with Crippen LogP contribution < -0.4 is 10.6 Å². The summed E-state index contributed by atoms with van der Waals surface area (Å²) in [6, 6.07) is 8.77. The van der Waals surface area contributed by atoms with Gasteiger partial charge in [-0.15, -0.1) is 0 Å². The Kier molecular flexibility index (Phi) is 10.5. The lowest BCUT2D eigenvalue weighted by atomic mass is 9.75. The van der Waals surface area contributed by atoms with Crippen molar-refractivity contribution < 1.29 is 4.79 Å². The lowest BCUT2D eigenvalue weighted by Crippen LogP contribution is -2.41. The van der Waals surface area contributed by atoms with Gasteiger partial charge in [-0.1, -0.05) is 32.0 Å². The van der Waals surface area contributed by atoms with Gasteiger partial charge in [0.1, 0.15) is 6.79 Å². The predicted molar refractivity (Wildman–Crippen MR) is 96.8 cm³/mol. The third-order valence-corrected chi connectivity index (χ3v) is 3.68. The quantitative estimate of drug-likeness (QED) is 0.773. The molecule has 4 heteroatoms. The summed E-state index contributed by atoms with van der Waals surface area (Å²) < 4.78 is 0. The molecule has 0 saturated carbocycles. The van der Waals surface area contributed by atoms with Crippen molar-refractivity contribution >= 4 is 12.5 Å². The molecule has 2 aliphatic heterocycles. The fraction of sp³-hybridized carbons (Fsp3) is 0.611. The Labute approximate surface area is 136 Å². The summed E-state index contributed by atoms with van der Waals surface area (Å²) in [5, 5.41) is 6.97. The fourth-order valence-electron chi connectivity index (χ4n) is 2.81. The van der Waals surface area contributed by atoms with Gasteiger partial charge in [0.05, 0.1) is 0 Å². The Morgan fingerprint density at radius 1 is 1.05 bits per heavy atom. The summed E-state index contributed by atoms with van der Waals surface area (Å²) >= 11 is 0. The zero-order valence-corrected chi connectivity index (χ0v) is 14.9. The van der Waals surface area contributed by atoms with Crippen LogP contribution >= 0.6 is 0 Å². The Bertz CT molecular complexity index is 393. The molecule has 0 atom stereocenters. The van der Waals surface area contributed by atoms with Crippen LogP contribution in [0.15, 0.2) is 24.3 Å². The molecule has 0 amide bonds. The topological polar surface area (TPSA) is 44.4 Å². The normalized spacial score (nSPS) is 16.8. The Morgan fingerprint density at radius 2 is 1.55 bits per heavy atom. The number of anilines is 1. The van der Waals surface area contributed by atoms with Gasteiger partial charge in [-0.05, 0) is 58.7 Å². The van der Waals surface area contributed by atoms with Gasteiger partial charge in [-0.3, -0.25) is 0 Å². The second kappa shape index (κ2) is 11.2. The van der Waals surface area contributed by atoms with E-state index in [1.807, 2.05) is 46.7 Å². The first-order valence-corrected chi connectivity index (χ1v) is 8.08. The van der Waals surface area contributed by atoms with E-state index in [1.165, 1.54) is 18.5 Å². The third-order valence-electron chi connectivity index (χ3n) is 3.68. The van der Waals surface area contributed by atoms with E-state index >= 15 is 0 Å². The number of piperidine rings is 1. The lowest BCUT2D eigenvalue weighted by molar-refractivity contribution is -0.0979. The van der Waals surface area contributed by atoms with Crippen LogP contribution in [-0.4, -0.2) is 52.5 Å². The number of hydrogen-bond acceptors (Lipinski definition) is 4. The van der Waals surface area contributed by atoms with Gasteiger partial charge >= 0.3 is 0 Å². The van der Waals surface area contributed by atoms with Crippen molar-refractivity contribution in [1.82, 2.24) is 10.2 Å². The average molecular weight is 307 g/mol. The van der Waals surface area contributed by atoms with Gasteiger partial charge in [0, 0.05) is 17.6 Å². The summed E-state index contributed by atoms with van der Waals surface area (Å²) in [5.41, 5.74) is 3.33. The van der Waals surface area contributed by atoms with E-state index in [0.29, 0.717) is 5.41 Å². The first-order chi connectivity index (χ1) is 10.6. The number of fused-ring (bicyclic) bond motifs is 2. The summed E-state index contributed by atoms with van der Waals surface area (Å²) in [6.07, 6.45) is 2.55. The number of rotatable bonds is 0. The molecule has 1 aromatic carbocycles. The summed E-state index contributed by atoms with van der Waals surface area (Å²) in [4.78, 5) is 10.0. The molecule has 2 heterocycles. The first-order valence-electron chi connectivity index (χ1n) is 8.08. The molecule has 4 nitrogen and oxygen atoms in total. The Hall–Kier alpha value is -1.39. The summed E-state index contributed by atoms with van der Waals surface area (Å²) in [7, 11) is 6.00. The molecule has 2 N–H and O–H groups in total. The zero-order chi connectivity index (χ0) is 17.0. The number of para-hydroxylation sites is 1. The standard InChI is InChI=1S/C12H16N2.C3H9N.C2H6.CH2O/c1-2-4-11-10(3-1)12(9-14-11)5-7-13-8-6-12;1-4(2)3;2*1-2/h1-4,13-14H,5-9H2;1-3H3;1-2H3;1H2. The minimum atomic E-state index is 0.432. The van der Waals surface area contributed by atoms with Crippen LogP contribution in [0.25, 0.3) is 0 Å². The minimum absolute atomic E-state index is 0.432. The van der Waals surface area contributed by atoms with E-state index < -0.39 is 0 Å². The molecule has 0 unspecified atom stereocenters. The molecule has 0 bridgehead atoms. The predicted octanol–water partition coefficient (Wildman–Crippen LogP) is 2.75. The van der Waals surface area contributed by atoms with E-state index in [9.17, 15) is 0 Å². The van der Waals surface area contributed by atoms with Gasteiger partial charge in [-0.2, -0.15) is 0 Å². The van der Waals surface area contributed by atoms with Crippen LogP contribution in [0.5, 0.6) is 0 Å². The van der Waals surface area contributed by atoms with Gasteiger partial charge in [0.25, 0.3) is 0 Å². The molecular formula is C18H33N3O. The molecule has 0 radical (unpaired) electrons. The maximum Gasteiger partial charge on any atom is 0.106 e. The Balaban J connectivity index is 0.000000476. The number of benzene rings is 1. The number of carbonyl (C=O) groups is 1. The SMILES string of the molecule is C=O.CC.CN(C)C.c1ccc2c(c1)NCC21CCNCC1. The lowest BCUT2D eigenvalue weighted by Gasteiger charge is -2.33. The zero-order valence-electron chi connectivity index (χ0n) is 14.9. The van der Waals surface area contributed by atoms with Crippen molar-refractivity contribution in [3.63, 3.8) is 0 Å². The van der Waals surface area contributed by atoms with Crippen LogP contribution in [0.1, 0.15) is 32.3 Å². The molecule has 3 rings (SSSR count). The second-order valence-electron chi connectivity index (χ2n) is 5.77. The average Bonchev–Trinajstić information content (AvgIpc) is 2.91. The maximum absolute atomic E-state index is 8.00. The van der Waals surface area contributed by atoms with Crippen molar-refractivity contribution in [3.05, 3.63) is 29.8 Å². The number of hydrogen-bond donors (Lipinski definition) is 2. The van der Waals surface area contributed by atoms with Crippen LogP contribution in [0, 0.1) is 0 Å². The van der Waals surface area contributed by atoms with Gasteiger partial charge < -0.3 is 20.3 Å². The smallest absolute Gasteiger partial charge is 0.106 e. The molecule has 1 fully saturated rings. The van der Waals surface area contributed by atoms with Crippen molar-refractivity contribution in [2.75, 3.05) is 46.1 Å². The summed E-state index contributed by atoms with van der Waals surface area (Å²) in [6.45, 7) is 9.46. The van der Waals surface area contributed by atoms with Crippen LogP contribution in [0.4, 0.5) is 5.69 Å². The van der Waals surface area contributed by atoms with Crippen LogP contribution in [0.3, 0.4) is 0 Å². The van der Waals surface area contributed by atoms with Crippen molar-refractivity contribution in [1.29, 1.82) is 0 Å². The van der Waals surface area contributed by atoms with E-state index in [2.05, 4.69) is 34.9 Å². The van der Waals surface area contributed by atoms with Gasteiger partial charge in [0.15, 0.2) is 0 Å². The van der Waals surface area contributed by atoms with Gasteiger partial charge in [-0.25, -0.2) is 0 Å². The highest BCUT2D eigenvalue weighted by molar-refractivity contribution is 5.60. The highest BCUT2D eigenvalue weighted by atomic mass is 16.1. The van der Waals surface area contributed by atoms with Crippen LogP contribution in [-0.2, 0) is 10.2 Å². The molecule has 1 saturated heterocycles. The highest BCUT2D eigenvalue weighted by Crippen LogP contribution is 2.42. The fourth-order valence-corrected chi connectivity index (χ4v) is 2.81. The van der Waals surface area contributed by atoms with E-state index in [1.54, 1.807) is 5.56 Å². The number of carbonyl (C=O) groups excluding carboxylic acids is 1. The molecule has 22 heavy (non-hydrogen) atoms. The van der Waals surface area contributed by atoms with E-state index in [4.69, 9.17) is 4.79 Å². The maximum atomic E-state index is 8.00. The van der Waals surface area contributed by atoms with Gasteiger partial charge in [0.2, 0.25) is 0 Å². The largest absolute Gasteiger partial charge is 0.384 e. The van der Waals surface area contributed by atoms with E-state index in [0.717, 1.165) is 19.6 Å². The molecule has 1 spiro atoms. The second-order valence-corrected chi connectivity index (χ2v) is 5.77.